The quantitative estimate of drug-likeness (QED) is 0.0934. The Labute approximate surface area is 745 Å². The Kier molecular flexibility index (Phi) is 22.5. The summed E-state index contributed by atoms with van der Waals surface area (Å²) in [6.45, 7) is 0. The number of aromatic nitrogens is 9. The molecule has 0 radical (unpaired) electrons. The van der Waals surface area contributed by atoms with E-state index in [0.29, 0.717) is 34.7 Å². The third-order valence-electron chi connectivity index (χ3n) is 22.0. The molecule has 596 valence electrons. The first-order valence-corrected chi connectivity index (χ1v) is 44.4. The van der Waals surface area contributed by atoms with E-state index >= 15 is 0 Å². The SMILES string of the molecule is Brc1ccc2sc3cc4cc[nH]c4cc3c2c1.Clc1nc(-c2ccccc2)nc(-c2ccccc2)n1.OB(O)c1cccc(-c2ccccc2)c1.c1ccc(-c2cccc(-c3ccc4sc5cc6cc[nH]c6cc5c4c3)c2)cc1.c1ccc(-c2cccc(-c3ccc4sc5cc6ccn(-c7nc(-c8ccccc8)nc(-c8ccccc8)n7)c6cc5c4c3)c2)cc1. The predicted octanol–water partition coefficient (Wildman–Crippen LogP) is 28.9. The lowest BCUT2D eigenvalue weighted by Gasteiger charge is -2.10. The van der Waals surface area contributed by atoms with Gasteiger partial charge in [-0.3, -0.25) is 4.57 Å². The third kappa shape index (κ3) is 17.2. The largest absolute Gasteiger partial charge is 0.488 e. The Morgan fingerprint density at radius 2 is 0.600 bits per heavy atom. The molecule has 24 rings (SSSR count). The topological polar surface area (TPSA) is 154 Å². The molecule has 8 aromatic heterocycles. The summed E-state index contributed by atoms with van der Waals surface area (Å²) in [5.41, 5.74) is 19.6. The zero-order chi connectivity index (χ0) is 84.1. The molecule has 0 spiro atoms. The summed E-state index contributed by atoms with van der Waals surface area (Å²) in [7, 11) is -1.41. The van der Waals surface area contributed by atoms with Gasteiger partial charge in [-0.15, -0.1) is 34.0 Å². The lowest BCUT2D eigenvalue weighted by molar-refractivity contribution is 0.426. The summed E-state index contributed by atoms with van der Waals surface area (Å²) in [6, 6.07) is 136. The van der Waals surface area contributed by atoms with Crippen LogP contribution in [-0.2, 0) is 0 Å². The van der Waals surface area contributed by atoms with Crippen molar-refractivity contribution < 1.29 is 10.0 Å². The lowest BCUT2D eigenvalue weighted by Crippen LogP contribution is -2.29. The monoisotopic (exact) mass is 1750 g/mol. The first kappa shape index (κ1) is 79.1. The highest BCUT2D eigenvalue weighted by molar-refractivity contribution is 9.10. The van der Waals surface area contributed by atoms with Crippen LogP contribution in [0.5, 0.6) is 0 Å². The van der Waals surface area contributed by atoms with Crippen molar-refractivity contribution in [2.45, 2.75) is 0 Å². The maximum atomic E-state index is 9.05. The number of halogens is 2. The van der Waals surface area contributed by atoms with Crippen LogP contribution in [0, 0.1) is 0 Å². The van der Waals surface area contributed by atoms with E-state index in [4.69, 9.17) is 36.6 Å². The average molecular weight is 1750 g/mol. The van der Waals surface area contributed by atoms with Crippen LogP contribution < -0.4 is 5.46 Å². The van der Waals surface area contributed by atoms with Crippen molar-refractivity contribution >= 4 is 167 Å². The third-order valence-corrected chi connectivity index (χ3v) is 26.1. The molecule has 0 aliphatic heterocycles. The second-order valence-corrected chi connectivity index (χ2v) is 34.6. The van der Waals surface area contributed by atoms with Crippen LogP contribution in [0.3, 0.4) is 0 Å². The van der Waals surface area contributed by atoms with Crippen LogP contribution in [0.1, 0.15) is 0 Å². The van der Waals surface area contributed by atoms with E-state index in [9.17, 15) is 0 Å². The molecule has 17 heteroatoms. The summed E-state index contributed by atoms with van der Waals surface area (Å²) >= 11 is 15.1. The van der Waals surface area contributed by atoms with Gasteiger partial charge < -0.3 is 20.0 Å². The van der Waals surface area contributed by atoms with E-state index in [1.54, 1.807) is 12.1 Å². The van der Waals surface area contributed by atoms with Gasteiger partial charge in [-0.1, -0.05) is 301 Å². The molecule has 0 unspecified atom stereocenters. The second-order valence-electron chi connectivity index (χ2n) is 30.0. The van der Waals surface area contributed by atoms with Gasteiger partial charge in [0.15, 0.2) is 23.3 Å². The average Bonchev–Trinajstić information content (AvgIpc) is 1.59. The fourth-order valence-electron chi connectivity index (χ4n) is 15.8. The van der Waals surface area contributed by atoms with Gasteiger partial charge in [-0.05, 0) is 182 Å². The Morgan fingerprint density at radius 3 is 1.02 bits per heavy atom. The van der Waals surface area contributed by atoms with Crippen molar-refractivity contribution in [2.24, 2.45) is 0 Å². The molecule has 0 saturated heterocycles. The molecule has 24 aromatic rings. The van der Waals surface area contributed by atoms with Crippen molar-refractivity contribution in [1.29, 1.82) is 0 Å². The van der Waals surface area contributed by atoms with Gasteiger partial charge in [0.05, 0.1) is 5.52 Å². The van der Waals surface area contributed by atoms with Crippen molar-refractivity contribution in [1.82, 2.24) is 44.4 Å². The molecule has 11 nitrogen and oxygen atoms in total. The van der Waals surface area contributed by atoms with Crippen LogP contribution in [0.15, 0.2) is 417 Å². The van der Waals surface area contributed by atoms with Crippen molar-refractivity contribution in [3.63, 3.8) is 0 Å². The number of hydrogen-bond donors (Lipinski definition) is 4. The Morgan fingerprint density at radius 1 is 0.272 bits per heavy atom. The molecule has 0 aliphatic rings. The van der Waals surface area contributed by atoms with Gasteiger partial charge >= 0.3 is 7.12 Å². The fraction of sp³-hybridized carbons (Fsp3) is 0. The van der Waals surface area contributed by atoms with Crippen LogP contribution in [0.4, 0.5) is 0 Å². The Balaban J connectivity index is 0.000000106. The number of benzene rings is 16. The minimum absolute atomic E-state index is 0.202. The van der Waals surface area contributed by atoms with E-state index in [0.717, 1.165) is 48.8 Å². The smallest absolute Gasteiger partial charge is 0.423 e. The number of aromatic amines is 2. The zero-order valence-electron chi connectivity index (χ0n) is 66.8. The van der Waals surface area contributed by atoms with Gasteiger partial charge in [-0.2, -0.15) is 19.9 Å². The molecule has 0 bridgehead atoms. The maximum absolute atomic E-state index is 9.05. The molecule has 8 heterocycles. The highest BCUT2D eigenvalue weighted by atomic mass is 79.9. The predicted molar refractivity (Wildman–Crippen MR) is 530 cm³/mol. The summed E-state index contributed by atoms with van der Waals surface area (Å²) in [5, 5.41) is 29.8. The molecular formula is C108H72BBrClN9O2S3. The molecule has 16 aromatic carbocycles. The maximum Gasteiger partial charge on any atom is 0.488 e. The van der Waals surface area contributed by atoms with Crippen LogP contribution in [0.25, 0.3) is 200 Å². The van der Waals surface area contributed by atoms with Gasteiger partial charge in [0.1, 0.15) is 0 Å². The van der Waals surface area contributed by atoms with Gasteiger partial charge in [-0.25, -0.2) is 9.97 Å². The van der Waals surface area contributed by atoms with E-state index < -0.39 is 7.12 Å². The lowest BCUT2D eigenvalue weighted by atomic mass is 9.79. The summed E-state index contributed by atoms with van der Waals surface area (Å²) in [4.78, 5) is 34.3. The van der Waals surface area contributed by atoms with E-state index in [-0.39, 0.29) is 5.28 Å². The normalized spacial score (nSPS) is 11.2. The molecule has 0 fully saturated rings. The number of H-pyrrole nitrogens is 2. The summed E-state index contributed by atoms with van der Waals surface area (Å²) in [5.74, 6) is 3.06. The standard InChI is InChI=1S/C41H26N4S.C26H17NS.C15H10ClN3.C14H8BrNS.C12H11BO2/c1-4-11-27(12-5-1)30-17-10-18-31(23-30)32-19-20-37-34(24-32)35-26-36-33(25-38(35)46-37)21-22-45(36)41-43-39(28-13-6-2-7-14-28)42-40(44-41)29-15-8-3-9-16-29;1-2-5-17(6-3-1)18-7-4-8-19(13-18)20-9-10-25-22(14-20)23-16-24-21(11-12-27-24)15-26(23)28-25;16-15-18-13(11-7-3-1-4-8-11)17-14(19-15)12-9-5-2-6-10-12;15-9-1-2-13-10(6-9)11-7-12-8(3-4-16-12)5-14(11)17-13;14-13(15)12-8-4-7-11(9-12)10-5-2-1-3-6-10/h1-26H;1-16,27H;1-10H;1-7,16H;1-9,14-15H. The van der Waals surface area contributed by atoms with Gasteiger partial charge in [0.2, 0.25) is 11.2 Å². The number of thiophene rings is 3. The number of rotatable bonds is 11. The van der Waals surface area contributed by atoms with Crippen LogP contribution >= 0.6 is 61.5 Å². The summed E-state index contributed by atoms with van der Waals surface area (Å²) < 4.78 is 11.1. The molecule has 125 heavy (non-hydrogen) atoms. The second kappa shape index (κ2) is 35.6. The Bertz CT molecular complexity index is 7880. The molecule has 0 atom stereocenters. The molecular weight excluding hydrogens is 1680 g/mol. The Hall–Kier alpha value is -14.4. The van der Waals surface area contributed by atoms with Crippen molar-refractivity contribution in [3.05, 3.63) is 423 Å². The number of nitrogens with zero attached hydrogens (tertiary/aromatic N) is 7. The van der Waals surface area contributed by atoms with Crippen LogP contribution in [-0.4, -0.2) is 61.6 Å². The number of nitrogens with one attached hydrogen (secondary N) is 2. The molecule has 0 aliphatic carbocycles. The van der Waals surface area contributed by atoms with Crippen molar-refractivity contribution in [2.75, 3.05) is 0 Å². The van der Waals surface area contributed by atoms with Crippen LogP contribution in [0.2, 0.25) is 5.28 Å². The van der Waals surface area contributed by atoms with E-state index in [1.165, 1.54) is 127 Å². The van der Waals surface area contributed by atoms with E-state index in [2.05, 4.69) is 270 Å². The highest BCUT2D eigenvalue weighted by Crippen LogP contribution is 2.43. The minimum atomic E-state index is -1.41. The summed E-state index contributed by atoms with van der Waals surface area (Å²) in [6.07, 6.45) is 6.07. The number of fused-ring (bicyclic) bond motifs is 12. The first-order chi connectivity index (χ1) is 61.5. The molecule has 0 amide bonds. The van der Waals surface area contributed by atoms with E-state index in [1.807, 2.05) is 210 Å². The number of hydrogen-bond acceptors (Lipinski definition) is 11. The zero-order valence-corrected chi connectivity index (χ0v) is 71.6. The first-order valence-electron chi connectivity index (χ1n) is 40.8. The van der Waals surface area contributed by atoms with Gasteiger partial charge in [0.25, 0.3) is 0 Å². The minimum Gasteiger partial charge on any atom is -0.423 e. The molecule has 0 saturated carbocycles. The highest BCUT2D eigenvalue weighted by Gasteiger charge is 2.19. The van der Waals surface area contributed by atoms with Crippen molar-refractivity contribution in [3.8, 4) is 107 Å². The fourth-order valence-corrected chi connectivity index (χ4v) is 19.6. The van der Waals surface area contributed by atoms with Gasteiger partial charge in [0, 0.05) is 133 Å². The molecule has 4 N–H and O–H groups in total.